The zero-order chi connectivity index (χ0) is 13.7. The van der Waals surface area contributed by atoms with Crippen LogP contribution in [0.1, 0.15) is 39.0 Å². The van der Waals surface area contributed by atoms with Crippen LogP contribution in [-0.2, 0) is 0 Å². The van der Waals surface area contributed by atoms with Crippen molar-refractivity contribution in [3.05, 3.63) is 11.2 Å². The summed E-state index contributed by atoms with van der Waals surface area (Å²) in [6.07, 6.45) is 8.71. The first-order valence-electron chi connectivity index (χ1n) is 7.03. The van der Waals surface area contributed by atoms with E-state index in [0.717, 1.165) is 29.4 Å². The molecule has 1 fully saturated rings. The maximum atomic E-state index is 5.98. The van der Waals surface area contributed by atoms with Gasteiger partial charge < -0.3 is 5.32 Å². The van der Waals surface area contributed by atoms with E-state index in [4.69, 9.17) is 11.6 Å². The van der Waals surface area contributed by atoms with E-state index < -0.39 is 0 Å². The molecule has 0 aliphatic heterocycles. The fourth-order valence-corrected chi connectivity index (χ4v) is 3.28. The molecule has 1 heterocycles. The van der Waals surface area contributed by atoms with Crippen LogP contribution in [0, 0.1) is 11.8 Å². The number of nitrogens with one attached hydrogen (secondary N) is 1. The van der Waals surface area contributed by atoms with E-state index in [2.05, 4.69) is 22.2 Å². The normalized spacial score (nSPS) is 23.3. The quantitative estimate of drug-likeness (QED) is 0.494. The van der Waals surface area contributed by atoms with Crippen LogP contribution in [0.25, 0.3) is 0 Å². The third-order valence-corrected chi connectivity index (χ3v) is 4.71. The number of thioether (sulfide) groups is 1. The third kappa shape index (κ3) is 4.53. The molecule has 19 heavy (non-hydrogen) atoms. The third-order valence-electron chi connectivity index (χ3n) is 3.97. The highest BCUT2D eigenvalue weighted by molar-refractivity contribution is 7.98. The molecule has 1 aliphatic carbocycles. The SMILES string of the molecule is CCC1CCC(CNc2cc(Cl)nc(SC)n2)CC1. The van der Waals surface area contributed by atoms with Gasteiger partial charge in [0, 0.05) is 12.6 Å². The average molecular weight is 300 g/mol. The van der Waals surface area contributed by atoms with Crippen molar-refractivity contribution in [1.82, 2.24) is 9.97 Å². The van der Waals surface area contributed by atoms with Gasteiger partial charge >= 0.3 is 0 Å². The fourth-order valence-electron chi connectivity index (χ4n) is 2.67. The Kier molecular flexibility index (Phi) is 5.76. The topological polar surface area (TPSA) is 37.8 Å². The van der Waals surface area contributed by atoms with E-state index in [1.54, 1.807) is 6.07 Å². The van der Waals surface area contributed by atoms with E-state index in [1.807, 2.05) is 6.26 Å². The molecule has 2 rings (SSSR count). The molecule has 1 aliphatic rings. The average Bonchev–Trinajstić information content (AvgIpc) is 2.45. The molecule has 0 unspecified atom stereocenters. The van der Waals surface area contributed by atoms with Crippen LogP contribution in [0.3, 0.4) is 0 Å². The smallest absolute Gasteiger partial charge is 0.190 e. The molecule has 0 bridgehead atoms. The standard InChI is InChI=1S/C14H22ClN3S/c1-3-10-4-6-11(7-5-10)9-16-13-8-12(15)17-14(18-13)19-2/h8,10-11H,3-7,9H2,1-2H3,(H,16,17,18). The maximum Gasteiger partial charge on any atom is 0.190 e. The number of halogens is 1. The second-order valence-corrected chi connectivity index (χ2v) is 6.40. The van der Waals surface area contributed by atoms with Crippen LogP contribution in [0.4, 0.5) is 5.82 Å². The van der Waals surface area contributed by atoms with Crippen molar-refractivity contribution in [3.63, 3.8) is 0 Å². The second-order valence-electron chi connectivity index (χ2n) is 5.24. The molecule has 0 aromatic carbocycles. The summed E-state index contributed by atoms with van der Waals surface area (Å²) in [5, 5.41) is 4.65. The number of rotatable bonds is 5. The highest BCUT2D eigenvalue weighted by Crippen LogP contribution is 2.30. The lowest BCUT2D eigenvalue weighted by atomic mass is 9.81. The van der Waals surface area contributed by atoms with Gasteiger partial charge in [0.05, 0.1) is 0 Å². The summed E-state index contributed by atoms with van der Waals surface area (Å²) < 4.78 is 0. The number of hydrogen-bond acceptors (Lipinski definition) is 4. The van der Waals surface area contributed by atoms with Gasteiger partial charge in [-0.1, -0.05) is 49.5 Å². The van der Waals surface area contributed by atoms with Crippen molar-refractivity contribution in [2.45, 2.75) is 44.2 Å². The largest absolute Gasteiger partial charge is 0.370 e. The predicted octanol–water partition coefficient (Wildman–Crippen LogP) is 4.48. The molecule has 0 radical (unpaired) electrons. The summed E-state index contributed by atoms with van der Waals surface area (Å²) in [5.74, 6) is 2.57. The minimum Gasteiger partial charge on any atom is -0.370 e. The molecule has 0 spiro atoms. The van der Waals surface area contributed by atoms with Gasteiger partial charge in [-0.05, 0) is 30.9 Å². The van der Waals surface area contributed by atoms with Crippen molar-refractivity contribution < 1.29 is 0 Å². The summed E-state index contributed by atoms with van der Waals surface area (Å²) in [6.45, 7) is 3.30. The van der Waals surface area contributed by atoms with Gasteiger partial charge in [-0.15, -0.1) is 0 Å². The van der Waals surface area contributed by atoms with E-state index in [9.17, 15) is 0 Å². The Labute approximate surface area is 124 Å². The predicted molar refractivity (Wildman–Crippen MR) is 83.1 cm³/mol. The Morgan fingerprint density at radius 2 is 1.95 bits per heavy atom. The van der Waals surface area contributed by atoms with E-state index in [0.29, 0.717) is 5.15 Å². The zero-order valence-corrected chi connectivity index (χ0v) is 13.2. The minimum absolute atomic E-state index is 0.511. The van der Waals surface area contributed by atoms with Crippen LogP contribution >= 0.6 is 23.4 Å². The van der Waals surface area contributed by atoms with Gasteiger partial charge in [0.2, 0.25) is 0 Å². The molecule has 1 aromatic heterocycles. The van der Waals surface area contributed by atoms with Crippen molar-refractivity contribution in [1.29, 1.82) is 0 Å². The number of hydrogen-bond donors (Lipinski definition) is 1. The summed E-state index contributed by atoms with van der Waals surface area (Å²) in [6, 6.07) is 1.80. The molecule has 0 saturated heterocycles. The van der Waals surface area contributed by atoms with Gasteiger partial charge in [-0.2, -0.15) is 0 Å². The number of aromatic nitrogens is 2. The van der Waals surface area contributed by atoms with Crippen LogP contribution in [0.5, 0.6) is 0 Å². The van der Waals surface area contributed by atoms with Gasteiger partial charge in [0.15, 0.2) is 5.16 Å². The van der Waals surface area contributed by atoms with Crippen molar-refractivity contribution >= 4 is 29.2 Å². The lowest BCUT2D eigenvalue weighted by molar-refractivity contribution is 0.278. The van der Waals surface area contributed by atoms with E-state index in [1.165, 1.54) is 43.9 Å². The van der Waals surface area contributed by atoms with Crippen molar-refractivity contribution in [2.24, 2.45) is 11.8 Å². The van der Waals surface area contributed by atoms with Gasteiger partial charge in [-0.3, -0.25) is 0 Å². The Bertz CT molecular complexity index is 406. The van der Waals surface area contributed by atoms with Crippen molar-refractivity contribution in [2.75, 3.05) is 18.1 Å². The minimum atomic E-state index is 0.511. The molecule has 1 aromatic rings. The first-order valence-corrected chi connectivity index (χ1v) is 8.64. The van der Waals surface area contributed by atoms with Gasteiger partial charge in [0.1, 0.15) is 11.0 Å². The molecule has 106 valence electrons. The maximum absolute atomic E-state index is 5.98. The summed E-state index contributed by atoms with van der Waals surface area (Å²) in [4.78, 5) is 8.57. The van der Waals surface area contributed by atoms with Crippen LogP contribution in [0.2, 0.25) is 5.15 Å². The molecule has 1 N–H and O–H groups in total. The van der Waals surface area contributed by atoms with Crippen LogP contribution in [0.15, 0.2) is 11.2 Å². The van der Waals surface area contributed by atoms with Crippen LogP contribution in [-0.4, -0.2) is 22.8 Å². The van der Waals surface area contributed by atoms with Gasteiger partial charge in [-0.25, -0.2) is 9.97 Å². The molecule has 5 heteroatoms. The Hall–Kier alpha value is -0.480. The Morgan fingerprint density at radius 3 is 2.58 bits per heavy atom. The zero-order valence-electron chi connectivity index (χ0n) is 11.7. The summed E-state index contributed by atoms with van der Waals surface area (Å²) >= 11 is 7.50. The summed E-state index contributed by atoms with van der Waals surface area (Å²) in [7, 11) is 0. The van der Waals surface area contributed by atoms with E-state index >= 15 is 0 Å². The lowest BCUT2D eigenvalue weighted by Crippen LogP contribution is -2.21. The number of anilines is 1. The monoisotopic (exact) mass is 299 g/mol. The molecule has 3 nitrogen and oxygen atoms in total. The summed E-state index contributed by atoms with van der Waals surface area (Å²) in [5.41, 5.74) is 0. The van der Waals surface area contributed by atoms with Crippen LogP contribution < -0.4 is 5.32 Å². The Morgan fingerprint density at radius 1 is 1.26 bits per heavy atom. The molecule has 0 amide bonds. The second kappa shape index (κ2) is 7.34. The molecular formula is C14H22ClN3S. The Balaban J connectivity index is 1.84. The molecular weight excluding hydrogens is 278 g/mol. The highest BCUT2D eigenvalue weighted by Gasteiger charge is 2.19. The van der Waals surface area contributed by atoms with Gasteiger partial charge in [0.25, 0.3) is 0 Å². The first kappa shape index (κ1) is 14.9. The van der Waals surface area contributed by atoms with Crippen molar-refractivity contribution in [3.8, 4) is 0 Å². The molecule has 1 saturated carbocycles. The highest BCUT2D eigenvalue weighted by atomic mass is 35.5. The lowest BCUT2D eigenvalue weighted by Gasteiger charge is -2.28. The van der Waals surface area contributed by atoms with E-state index in [-0.39, 0.29) is 0 Å². The molecule has 0 atom stereocenters. The number of nitrogens with zero attached hydrogens (tertiary/aromatic N) is 2. The first-order chi connectivity index (χ1) is 9.21. The fraction of sp³-hybridized carbons (Fsp3) is 0.714.